The van der Waals surface area contributed by atoms with Crippen LogP contribution >= 0.6 is 0 Å². The van der Waals surface area contributed by atoms with E-state index in [1.807, 2.05) is 121 Å². The van der Waals surface area contributed by atoms with Gasteiger partial charge in [-0.05, 0) is 72.8 Å². The molecule has 0 saturated heterocycles. The minimum absolute atomic E-state index is 0.364. The van der Waals surface area contributed by atoms with Crippen LogP contribution in [0.1, 0.15) is 0 Å². The Morgan fingerprint density at radius 1 is 0.286 bits per heavy atom. The standard InChI is InChI=1S/C68H66N12O4/c1-77(2,3)41-21-13-25-45(37-41)81-53-33-17-29-49-57(53)65-71-61(49)69-62-51-31-19-35-55(83-47-27-15-23-43(39-47)79(7,8)9)59(51)67(73-62)76-68-60-52(32-20-36-56(60)84-48-28-16-24-44(40-48)80(10,11)12)64(74-68)70-63-50-30-18-34-54(58(50)66(72-63)75-65)82-46-26-14-22-42(38-46)78(4,5)6/h13-40H,1-12H3,(H2,69,70,71,72,73,74,75,76)/q+4. The summed E-state index contributed by atoms with van der Waals surface area (Å²) >= 11 is 0. The summed E-state index contributed by atoms with van der Waals surface area (Å²) < 4.78 is 30.0. The first-order chi connectivity index (χ1) is 40.1. The Morgan fingerprint density at radius 2 is 0.571 bits per heavy atom. The van der Waals surface area contributed by atoms with E-state index in [1.165, 1.54) is 0 Å². The molecule has 0 atom stereocenters. The van der Waals surface area contributed by atoms with Crippen molar-refractivity contribution < 1.29 is 18.9 Å². The molecule has 418 valence electrons. The summed E-state index contributed by atoms with van der Waals surface area (Å²) in [5, 5.41) is 2.84. The molecule has 8 bridgehead atoms. The van der Waals surface area contributed by atoms with E-state index in [-0.39, 0.29) is 0 Å². The van der Waals surface area contributed by atoms with Crippen LogP contribution in [0.15, 0.2) is 170 Å². The maximum atomic E-state index is 6.91. The fourth-order valence-corrected chi connectivity index (χ4v) is 10.6. The number of aromatic nitrogens is 8. The van der Waals surface area contributed by atoms with Crippen LogP contribution in [0.4, 0.5) is 22.7 Å². The number of benzene rings is 8. The van der Waals surface area contributed by atoms with Gasteiger partial charge >= 0.3 is 0 Å². The molecule has 8 aromatic carbocycles. The molecule has 0 radical (unpaired) electrons. The number of hydrogen-bond donors (Lipinski definition) is 2. The topological polar surface area (TPSA) is 146 Å². The van der Waals surface area contributed by atoms with Crippen molar-refractivity contribution in [1.82, 2.24) is 57.8 Å². The molecule has 0 spiro atoms. The van der Waals surface area contributed by atoms with Gasteiger partial charge in [-0.1, -0.05) is 72.8 Å². The number of hydrogen-bond acceptors (Lipinski definition) is 10. The lowest BCUT2D eigenvalue weighted by Crippen LogP contribution is -2.34. The number of nitrogens with zero attached hydrogens (tertiary/aromatic N) is 10. The van der Waals surface area contributed by atoms with Crippen LogP contribution in [0.25, 0.3) is 89.7 Å². The predicted molar refractivity (Wildman–Crippen MR) is 340 cm³/mol. The first-order valence-electron chi connectivity index (χ1n) is 27.8. The fourth-order valence-electron chi connectivity index (χ4n) is 10.6. The van der Waals surface area contributed by atoms with Crippen molar-refractivity contribution in [2.45, 2.75) is 0 Å². The second kappa shape index (κ2) is 20.0. The van der Waals surface area contributed by atoms with Crippen LogP contribution in [-0.4, -0.2) is 124 Å². The Balaban J connectivity index is 1.12. The van der Waals surface area contributed by atoms with Crippen LogP contribution in [0.3, 0.4) is 0 Å². The van der Waals surface area contributed by atoms with Gasteiger partial charge in [-0.2, -0.15) is 0 Å². The quantitative estimate of drug-likeness (QED) is 0.113. The summed E-state index contributed by atoms with van der Waals surface area (Å²) in [7, 11) is 25.5. The highest BCUT2D eigenvalue weighted by molar-refractivity contribution is 6.10. The summed E-state index contributed by atoms with van der Waals surface area (Å²) in [5.41, 5.74) is 8.91. The normalized spacial score (nSPS) is 12.5. The highest BCUT2D eigenvalue weighted by Gasteiger charge is 2.29. The Labute approximate surface area is 487 Å². The summed E-state index contributed by atoms with van der Waals surface area (Å²) in [5.74, 6) is 6.41. The van der Waals surface area contributed by atoms with Gasteiger partial charge in [-0.25, -0.2) is 29.9 Å². The lowest BCUT2D eigenvalue weighted by molar-refractivity contribution is 0.467. The molecule has 0 fully saturated rings. The second-order valence-corrected chi connectivity index (χ2v) is 24.8. The van der Waals surface area contributed by atoms with Gasteiger partial charge in [-0.15, -0.1) is 0 Å². The molecule has 0 unspecified atom stereocenters. The van der Waals surface area contributed by atoms with Gasteiger partial charge in [-0.3, -0.25) is 17.9 Å². The van der Waals surface area contributed by atoms with Crippen molar-refractivity contribution in [3.63, 3.8) is 0 Å². The Bertz CT molecular complexity index is 4340. The Morgan fingerprint density at radius 3 is 0.905 bits per heavy atom. The summed E-state index contributed by atoms with van der Waals surface area (Å²) in [6, 6.07) is 56.1. The van der Waals surface area contributed by atoms with E-state index in [0.29, 0.717) is 143 Å². The molecule has 0 amide bonds. The lowest BCUT2D eigenvalue weighted by Gasteiger charge is -2.23. The zero-order valence-electron chi connectivity index (χ0n) is 49.3. The van der Waals surface area contributed by atoms with E-state index in [4.69, 9.17) is 48.9 Å². The fraction of sp³-hybridized carbons (Fsp3) is 0.176. The molecular formula is C68H66N12O4+4. The molecule has 2 N–H and O–H groups in total. The molecule has 11 aromatic rings. The highest BCUT2D eigenvalue weighted by atomic mass is 16.5. The van der Waals surface area contributed by atoms with Gasteiger partial charge < -0.3 is 28.9 Å². The van der Waals surface area contributed by atoms with Crippen LogP contribution in [0.5, 0.6) is 46.0 Å². The number of aromatic amines is 2. The zero-order chi connectivity index (χ0) is 58.5. The molecule has 16 heteroatoms. The number of ether oxygens (including phenoxy) is 4. The van der Waals surface area contributed by atoms with Gasteiger partial charge in [0.1, 0.15) is 91.3 Å². The van der Waals surface area contributed by atoms with E-state index >= 15 is 0 Å². The minimum Gasteiger partial charge on any atom is -0.456 e. The number of nitrogens with one attached hydrogen (secondary N) is 2. The van der Waals surface area contributed by atoms with Crippen LogP contribution in [-0.2, 0) is 0 Å². The third-order valence-electron chi connectivity index (χ3n) is 15.1. The van der Waals surface area contributed by atoms with E-state index in [2.05, 4.69) is 143 Å². The van der Waals surface area contributed by atoms with E-state index < -0.39 is 0 Å². The number of H-pyrrole nitrogens is 2. The number of rotatable bonds is 12. The average Bonchev–Trinajstić information content (AvgIpc) is 4.41. The van der Waals surface area contributed by atoms with Crippen LogP contribution in [0.2, 0.25) is 0 Å². The van der Waals surface area contributed by atoms with Crippen LogP contribution < -0.4 is 36.9 Å². The van der Waals surface area contributed by atoms with Gasteiger partial charge in [0.25, 0.3) is 0 Å². The molecule has 2 aliphatic rings. The van der Waals surface area contributed by atoms with E-state index in [9.17, 15) is 0 Å². The SMILES string of the molecule is C[N+](C)(C)c1cccc(Oc2cccc3c2-c2nc-3nc3[nH]c(nc4nc(nc5[nH]c(n2)c2c(Oc6cccc([N+](C)(C)C)c6)cccc52)-c2cccc(Oc5cccc([N+](C)(C)C)c5)c2-4)c2c(Oc4cccc([N+](C)(C)C)c4)cccc32)c1. The maximum Gasteiger partial charge on any atom is 0.168 e. The molecule has 3 aromatic heterocycles. The highest BCUT2D eigenvalue weighted by Crippen LogP contribution is 2.47. The van der Waals surface area contributed by atoms with Crippen molar-refractivity contribution in [1.29, 1.82) is 0 Å². The Hall–Kier alpha value is -9.84. The number of quaternary nitrogens is 4. The maximum absolute atomic E-state index is 6.91. The van der Waals surface area contributed by atoms with Crippen molar-refractivity contribution in [3.8, 4) is 91.5 Å². The summed E-state index contributed by atoms with van der Waals surface area (Å²) in [6.07, 6.45) is 0. The first-order valence-corrected chi connectivity index (χ1v) is 27.8. The molecule has 16 nitrogen and oxygen atoms in total. The smallest absolute Gasteiger partial charge is 0.168 e. The second-order valence-electron chi connectivity index (χ2n) is 24.8. The van der Waals surface area contributed by atoms with Crippen molar-refractivity contribution in [2.24, 2.45) is 0 Å². The molecule has 84 heavy (non-hydrogen) atoms. The Kier molecular flexibility index (Phi) is 12.7. The molecule has 2 aliphatic heterocycles. The van der Waals surface area contributed by atoms with Gasteiger partial charge in [0.15, 0.2) is 23.3 Å². The predicted octanol–water partition coefficient (Wildman–Crippen LogP) is 14.8. The summed E-state index contributed by atoms with van der Waals surface area (Å²) in [6.45, 7) is 0. The molecule has 0 aliphatic carbocycles. The molecular weight excluding hydrogens is 1050 g/mol. The third kappa shape index (κ3) is 10.1. The largest absolute Gasteiger partial charge is 0.456 e. The van der Waals surface area contributed by atoms with Crippen LogP contribution in [0, 0.1) is 0 Å². The van der Waals surface area contributed by atoms with Gasteiger partial charge in [0.05, 0.1) is 106 Å². The molecule has 13 rings (SSSR count). The molecule has 0 saturated carbocycles. The minimum atomic E-state index is 0.364. The van der Waals surface area contributed by atoms with Crippen molar-refractivity contribution >= 4 is 66.9 Å². The van der Waals surface area contributed by atoms with Gasteiger partial charge in [0.2, 0.25) is 0 Å². The number of fused-ring (bicyclic) bond motifs is 20. The summed E-state index contributed by atoms with van der Waals surface area (Å²) in [4.78, 5) is 39.8. The van der Waals surface area contributed by atoms with Crippen molar-refractivity contribution in [3.05, 3.63) is 170 Å². The third-order valence-corrected chi connectivity index (χ3v) is 15.1. The van der Waals surface area contributed by atoms with Gasteiger partial charge in [0, 0.05) is 46.2 Å². The van der Waals surface area contributed by atoms with E-state index in [0.717, 1.165) is 33.5 Å². The first kappa shape index (κ1) is 53.5. The molecule has 5 heterocycles. The average molecular weight is 1120 g/mol. The monoisotopic (exact) mass is 1110 g/mol. The van der Waals surface area contributed by atoms with E-state index in [1.54, 1.807) is 0 Å². The lowest BCUT2D eigenvalue weighted by atomic mass is 10.1. The van der Waals surface area contributed by atoms with Crippen molar-refractivity contribution in [2.75, 3.05) is 84.6 Å². The zero-order valence-corrected chi connectivity index (χ0v) is 49.3.